The van der Waals surface area contributed by atoms with Crippen molar-refractivity contribution in [1.82, 2.24) is 4.90 Å². The van der Waals surface area contributed by atoms with E-state index in [-0.39, 0.29) is 0 Å². The van der Waals surface area contributed by atoms with Gasteiger partial charge in [-0.3, -0.25) is 4.90 Å². The summed E-state index contributed by atoms with van der Waals surface area (Å²) in [7, 11) is 0. The molecule has 4 heteroatoms. The van der Waals surface area contributed by atoms with Crippen LogP contribution < -0.4 is 10.5 Å². The van der Waals surface area contributed by atoms with Crippen LogP contribution in [0.2, 0.25) is 5.02 Å². The third kappa shape index (κ3) is 2.80. The maximum atomic E-state index is 6.24. The second kappa shape index (κ2) is 5.92. The van der Waals surface area contributed by atoms with E-state index in [1.807, 2.05) is 6.07 Å². The molecule has 2 unspecified atom stereocenters. The molecule has 2 aliphatic rings. The molecule has 2 heterocycles. The van der Waals surface area contributed by atoms with Gasteiger partial charge in [0.25, 0.3) is 0 Å². The summed E-state index contributed by atoms with van der Waals surface area (Å²) in [4.78, 5) is 2.52. The topological polar surface area (TPSA) is 38.5 Å². The van der Waals surface area contributed by atoms with Crippen molar-refractivity contribution in [3.8, 4) is 5.75 Å². The van der Waals surface area contributed by atoms with E-state index in [2.05, 4.69) is 17.9 Å². The maximum absolute atomic E-state index is 6.24. The van der Waals surface area contributed by atoms with Crippen LogP contribution in [0.5, 0.6) is 5.75 Å². The van der Waals surface area contributed by atoms with E-state index in [0.29, 0.717) is 12.0 Å². The number of hydrogen-bond acceptors (Lipinski definition) is 3. The van der Waals surface area contributed by atoms with Crippen LogP contribution in [0.4, 0.5) is 0 Å². The molecule has 3 rings (SSSR count). The SMILES string of the molecule is CC1CCC(CN)CN1Cc1cc(Cl)cc2c1OCC2. The first-order valence-electron chi connectivity index (χ1n) is 7.55. The minimum atomic E-state index is 0.605. The summed E-state index contributed by atoms with van der Waals surface area (Å²) in [6, 6.07) is 4.70. The average Bonchev–Trinajstić information content (AvgIpc) is 2.89. The van der Waals surface area contributed by atoms with Gasteiger partial charge in [-0.25, -0.2) is 0 Å². The highest BCUT2D eigenvalue weighted by atomic mass is 35.5. The standard InChI is InChI=1S/C16H23ClN2O/c1-11-2-3-12(8-18)9-19(11)10-14-7-15(17)6-13-4-5-20-16(13)14/h6-7,11-12H,2-5,8-10,18H2,1H3. The summed E-state index contributed by atoms with van der Waals surface area (Å²) < 4.78 is 5.80. The first kappa shape index (κ1) is 14.2. The van der Waals surface area contributed by atoms with Gasteiger partial charge in [-0.1, -0.05) is 11.6 Å². The number of fused-ring (bicyclic) bond motifs is 1. The molecule has 20 heavy (non-hydrogen) atoms. The Hall–Kier alpha value is -0.770. The number of hydrogen-bond donors (Lipinski definition) is 1. The van der Waals surface area contributed by atoms with E-state index in [1.165, 1.54) is 24.0 Å². The fraction of sp³-hybridized carbons (Fsp3) is 0.625. The zero-order valence-corrected chi connectivity index (χ0v) is 12.8. The summed E-state index contributed by atoms with van der Waals surface area (Å²) >= 11 is 6.24. The van der Waals surface area contributed by atoms with Crippen LogP contribution >= 0.6 is 11.6 Å². The van der Waals surface area contributed by atoms with Crippen molar-refractivity contribution in [3.63, 3.8) is 0 Å². The van der Waals surface area contributed by atoms with Gasteiger partial charge in [0.1, 0.15) is 5.75 Å². The molecule has 1 saturated heterocycles. The largest absolute Gasteiger partial charge is 0.493 e. The van der Waals surface area contributed by atoms with Crippen LogP contribution in [0.25, 0.3) is 0 Å². The van der Waals surface area contributed by atoms with Crippen molar-refractivity contribution in [3.05, 3.63) is 28.3 Å². The van der Waals surface area contributed by atoms with Gasteiger partial charge >= 0.3 is 0 Å². The fourth-order valence-electron chi connectivity index (χ4n) is 3.36. The Morgan fingerprint density at radius 1 is 1.40 bits per heavy atom. The quantitative estimate of drug-likeness (QED) is 0.932. The van der Waals surface area contributed by atoms with Crippen molar-refractivity contribution in [2.45, 2.75) is 38.8 Å². The Morgan fingerprint density at radius 3 is 3.05 bits per heavy atom. The van der Waals surface area contributed by atoms with E-state index in [1.54, 1.807) is 0 Å². The molecule has 0 aliphatic carbocycles. The Balaban J connectivity index is 1.80. The molecule has 0 amide bonds. The van der Waals surface area contributed by atoms with Gasteiger partial charge in [0.05, 0.1) is 6.61 Å². The average molecular weight is 295 g/mol. The van der Waals surface area contributed by atoms with Crippen molar-refractivity contribution < 1.29 is 4.74 Å². The lowest BCUT2D eigenvalue weighted by molar-refractivity contribution is 0.112. The molecule has 2 N–H and O–H groups in total. The first-order chi connectivity index (χ1) is 9.67. The predicted molar refractivity (Wildman–Crippen MR) is 82.3 cm³/mol. The Kier molecular flexibility index (Phi) is 4.20. The van der Waals surface area contributed by atoms with Crippen LogP contribution in [0.15, 0.2) is 12.1 Å². The third-order valence-corrected chi connectivity index (χ3v) is 4.86. The second-order valence-electron chi connectivity index (χ2n) is 6.11. The van der Waals surface area contributed by atoms with Gasteiger partial charge in [-0.15, -0.1) is 0 Å². The Labute approximate surface area is 126 Å². The van der Waals surface area contributed by atoms with Crippen LogP contribution in [0.3, 0.4) is 0 Å². The van der Waals surface area contributed by atoms with Crippen LogP contribution in [0.1, 0.15) is 30.9 Å². The lowest BCUT2D eigenvalue weighted by Gasteiger charge is -2.37. The number of nitrogens with two attached hydrogens (primary N) is 1. The smallest absolute Gasteiger partial charge is 0.127 e. The van der Waals surface area contributed by atoms with Gasteiger partial charge in [0.2, 0.25) is 0 Å². The van der Waals surface area contributed by atoms with Crippen LogP contribution in [0, 0.1) is 5.92 Å². The van der Waals surface area contributed by atoms with Gasteiger partial charge < -0.3 is 10.5 Å². The highest BCUT2D eigenvalue weighted by Crippen LogP contribution is 2.35. The highest BCUT2D eigenvalue weighted by Gasteiger charge is 2.26. The van der Waals surface area contributed by atoms with Gasteiger partial charge in [-0.05, 0) is 49.9 Å². The molecular formula is C16H23ClN2O. The minimum Gasteiger partial charge on any atom is -0.493 e. The van der Waals surface area contributed by atoms with Crippen molar-refractivity contribution in [1.29, 1.82) is 0 Å². The minimum absolute atomic E-state index is 0.605. The molecule has 1 aromatic rings. The van der Waals surface area contributed by atoms with E-state index in [0.717, 1.165) is 43.4 Å². The van der Waals surface area contributed by atoms with Gasteiger partial charge in [0, 0.05) is 36.1 Å². The molecule has 2 aliphatic heterocycles. The molecule has 0 aromatic heterocycles. The second-order valence-corrected chi connectivity index (χ2v) is 6.55. The molecule has 0 radical (unpaired) electrons. The maximum Gasteiger partial charge on any atom is 0.127 e. The number of halogens is 1. The molecule has 1 fully saturated rings. The molecule has 1 aromatic carbocycles. The number of rotatable bonds is 3. The van der Waals surface area contributed by atoms with Crippen molar-refractivity contribution >= 4 is 11.6 Å². The van der Waals surface area contributed by atoms with Crippen LogP contribution in [-0.4, -0.2) is 30.6 Å². The van der Waals surface area contributed by atoms with E-state index in [4.69, 9.17) is 22.1 Å². The van der Waals surface area contributed by atoms with Gasteiger partial charge in [-0.2, -0.15) is 0 Å². The van der Waals surface area contributed by atoms with Crippen LogP contribution in [-0.2, 0) is 13.0 Å². The van der Waals surface area contributed by atoms with E-state index in [9.17, 15) is 0 Å². The highest BCUT2D eigenvalue weighted by molar-refractivity contribution is 6.30. The summed E-state index contributed by atoms with van der Waals surface area (Å²) in [5, 5.41) is 0.823. The number of benzene rings is 1. The predicted octanol–water partition coefficient (Wildman–Crippen LogP) is 2.83. The van der Waals surface area contributed by atoms with Gasteiger partial charge in [0.15, 0.2) is 0 Å². The third-order valence-electron chi connectivity index (χ3n) is 4.64. The molecule has 3 nitrogen and oxygen atoms in total. The fourth-order valence-corrected chi connectivity index (χ4v) is 3.62. The number of ether oxygens (including phenoxy) is 1. The first-order valence-corrected chi connectivity index (χ1v) is 7.93. The molecule has 110 valence electrons. The van der Waals surface area contributed by atoms with E-state index < -0.39 is 0 Å². The van der Waals surface area contributed by atoms with Crippen molar-refractivity contribution in [2.24, 2.45) is 11.7 Å². The summed E-state index contributed by atoms with van der Waals surface area (Å²) in [5.74, 6) is 1.69. The lowest BCUT2D eigenvalue weighted by atomic mass is 9.93. The summed E-state index contributed by atoms with van der Waals surface area (Å²) in [6.07, 6.45) is 3.45. The molecule has 0 spiro atoms. The van der Waals surface area contributed by atoms with Crippen molar-refractivity contribution in [2.75, 3.05) is 19.7 Å². The molecule has 0 bridgehead atoms. The summed E-state index contributed by atoms with van der Waals surface area (Å²) in [5.41, 5.74) is 8.33. The monoisotopic (exact) mass is 294 g/mol. The Morgan fingerprint density at radius 2 is 2.25 bits per heavy atom. The zero-order chi connectivity index (χ0) is 14.1. The molecule has 0 saturated carbocycles. The van der Waals surface area contributed by atoms with E-state index >= 15 is 0 Å². The number of nitrogens with zero attached hydrogens (tertiary/aromatic N) is 1. The zero-order valence-electron chi connectivity index (χ0n) is 12.1. The lowest BCUT2D eigenvalue weighted by Crippen LogP contribution is -2.43. The normalized spacial score (nSPS) is 26.4. The molecule has 2 atom stereocenters. The summed E-state index contributed by atoms with van der Waals surface area (Å²) in [6.45, 7) is 5.87. The number of piperidine rings is 1. The Bertz CT molecular complexity index is 492. The number of likely N-dealkylation sites (tertiary alicyclic amines) is 1. The molecular weight excluding hydrogens is 272 g/mol.